The van der Waals surface area contributed by atoms with Crippen LogP contribution in [0.25, 0.3) is 21.5 Å². The third kappa shape index (κ3) is 25.5. The van der Waals surface area contributed by atoms with Crippen molar-refractivity contribution in [2.45, 2.75) is 241 Å². The van der Waals surface area contributed by atoms with Crippen molar-refractivity contribution in [3.63, 3.8) is 0 Å². The van der Waals surface area contributed by atoms with Crippen LogP contribution < -0.4 is 21.3 Å². The van der Waals surface area contributed by atoms with E-state index >= 15 is 0 Å². The number of aromatic hydroxyl groups is 2. The van der Waals surface area contributed by atoms with Gasteiger partial charge in [-0.3, -0.25) is 19.2 Å². The van der Waals surface area contributed by atoms with Gasteiger partial charge in [0.2, 0.25) is 11.8 Å². The highest BCUT2D eigenvalue weighted by Crippen LogP contribution is 2.38. The molecule has 0 fully saturated rings. The molecule has 0 saturated carbocycles. The highest BCUT2D eigenvalue weighted by Gasteiger charge is 2.35. The minimum Gasteiger partial charge on any atom is -0.506 e. The number of phenolic OH excluding ortho intramolecular Hbond substituents is 2. The summed E-state index contributed by atoms with van der Waals surface area (Å²) in [7, 11) is -8.14. The number of benzene rings is 8. The molecule has 0 radical (unpaired) electrons. The molecule has 560 valence electrons. The molecule has 8 rings (SSSR count). The van der Waals surface area contributed by atoms with Crippen LogP contribution in [0.1, 0.15) is 239 Å². The van der Waals surface area contributed by atoms with E-state index in [-0.39, 0.29) is 82.5 Å². The normalized spacial score (nSPS) is 12.2. The highest BCUT2D eigenvalue weighted by atomic mass is 35.5. The fraction of sp³-hybridized carbons (Fsp3) is 0.429. The van der Waals surface area contributed by atoms with Crippen molar-refractivity contribution in [1.29, 1.82) is 0 Å². The van der Waals surface area contributed by atoms with E-state index in [9.17, 15) is 46.2 Å². The number of carbonyl (C=O) groups is 4. The van der Waals surface area contributed by atoms with Gasteiger partial charge in [-0.05, 0) is 138 Å². The van der Waals surface area contributed by atoms with Crippen molar-refractivity contribution in [3.05, 3.63) is 188 Å². The van der Waals surface area contributed by atoms with Crippen molar-refractivity contribution in [1.82, 2.24) is 0 Å². The summed E-state index contributed by atoms with van der Waals surface area (Å²) in [6, 6.07) is 40.2. The molecule has 0 heterocycles. The predicted octanol–water partition coefficient (Wildman–Crippen LogP) is 23.9. The zero-order valence-corrected chi connectivity index (χ0v) is 65.4. The number of rotatable bonds is 42. The van der Waals surface area contributed by atoms with Crippen LogP contribution in [0.15, 0.2) is 155 Å². The Hall–Kier alpha value is -7.18. The number of fused-ring (bicyclic) bond motifs is 2. The van der Waals surface area contributed by atoms with Gasteiger partial charge in [-0.15, -0.1) is 0 Å². The largest absolute Gasteiger partial charge is 0.506 e. The number of anilines is 4. The maximum Gasteiger partial charge on any atom is 0.255 e. The Bertz CT molecular complexity index is 4380. The molecule has 104 heavy (non-hydrogen) atoms. The van der Waals surface area contributed by atoms with Crippen LogP contribution in [0.3, 0.4) is 0 Å². The summed E-state index contributed by atoms with van der Waals surface area (Å²) in [6.45, 7) is 7.78. The summed E-state index contributed by atoms with van der Waals surface area (Å²) >= 11 is 24.9. The van der Waals surface area contributed by atoms with Crippen LogP contribution in [0, 0.1) is 0 Å². The van der Waals surface area contributed by atoms with Gasteiger partial charge >= 0.3 is 0 Å². The SMILES string of the molecule is CCCCCCCCCCCCCCCc1cc(S(=O)(=O)C(CC)C(=O)Nc2cc(O)c(NC(=O)c3ccc(Cl)c(Cl)c3)cc2Cl)cc2ccccc12.CCCCCCCCCCCCCCCc1cccc(S(=O)(=O)C(CC)C(=O)Nc2cc(O)c(NC(=O)c3ccc4ccccc4c3)cc2Cl)c1. The predicted molar refractivity (Wildman–Crippen MR) is 432 cm³/mol. The van der Waals surface area contributed by atoms with Crippen LogP contribution in [0.4, 0.5) is 22.7 Å². The lowest BCUT2D eigenvalue weighted by molar-refractivity contribution is -0.116. The number of hydrogen-bond donors (Lipinski definition) is 6. The second-order valence-electron chi connectivity index (χ2n) is 27.1. The lowest BCUT2D eigenvalue weighted by atomic mass is 9.99. The number of aryl methyl sites for hydroxylation is 2. The number of phenols is 2. The summed E-state index contributed by atoms with van der Waals surface area (Å²) in [4.78, 5) is 52.8. The van der Waals surface area contributed by atoms with Crippen LogP contribution in [0.2, 0.25) is 20.1 Å². The maximum absolute atomic E-state index is 14.1. The van der Waals surface area contributed by atoms with Gasteiger partial charge < -0.3 is 31.5 Å². The summed E-state index contributed by atoms with van der Waals surface area (Å²) in [5.41, 5.74) is 2.54. The number of nitrogens with one attached hydrogen (secondary N) is 4. The minimum atomic E-state index is -4.12. The Morgan fingerprint density at radius 3 is 1.26 bits per heavy atom. The minimum absolute atomic E-state index is 0.00281. The smallest absolute Gasteiger partial charge is 0.255 e. The molecule has 0 bridgehead atoms. The van der Waals surface area contributed by atoms with Crippen LogP contribution >= 0.6 is 46.4 Å². The zero-order valence-electron chi connectivity index (χ0n) is 60.7. The number of sulfone groups is 2. The number of halogens is 4. The van der Waals surface area contributed by atoms with Gasteiger partial charge in [0, 0.05) is 23.3 Å². The van der Waals surface area contributed by atoms with E-state index in [1.54, 1.807) is 50.2 Å². The van der Waals surface area contributed by atoms with E-state index in [1.165, 1.54) is 177 Å². The number of amides is 4. The molecule has 20 heteroatoms. The molecule has 4 amide bonds. The van der Waals surface area contributed by atoms with Crippen molar-refractivity contribution in [2.75, 3.05) is 21.3 Å². The molecule has 6 N–H and O–H groups in total. The van der Waals surface area contributed by atoms with Gasteiger partial charge in [0.1, 0.15) is 22.0 Å². The highest BCUT2D eigenvalue weighted by molar-refractivity contribution is 7.93. The first kappa shape index (κ1) is 84.1. The standard InChI is InChI=1S/C42H51Cl3N2O5S.C42H53ClN2O5S/c1-3-5-6-7-8-9-10-11-12-13-14-15-16-19-29-24-32(25-30-20-17-18-21-33(29)30)53(51,52)40(4-2)42(50)46-37-28-39(48)38(27-36(37)45)47-41(49)31-22-23-34(43)35(44)26-31;1-3-5-6-7-8-9-10-11-12-13-14-15-16-20-31-21-19-24-35(27-31)51(49,50)40(4-2)42(48)44-37-30-39(46)38(29-36(37)43)45-41(47)34-26-25-32-22-17-18-23-33(32)28-34/h17-18,20-28,40,48H,3-16,19H2,1-2H3,(H,46,50)(H,47,49);17-19,21-30,40,46H,3-16,20H2,1-2H3,(H,44,48)(H,45,47). The summed E-state index contributed by atoms with van der Waals surface area (Å²) in [6.07, 6.45) is 34.4. The molecule has 0 aliphatic carbocycles. The lowest BCUT2D eigenvalue weighted by Gasteiger charge is -2.19. The van der Waals surface area contributed by atoms with Crippen molar-refractivity contribution in [2.24, 2.45) is 0 Å². The second kappa shape index (κ2) is 43.4. The molecule has 0 aromatic heterocycles. The first-order valence-electron chi connectivity index (χ1n) is 37.4. The van der Waals surface area contributed by atoms with Crippen LogP contribution in [-0.2, 0) is 42.1 Å². The van der Waals surface area contributed by atoms with E-state index in [0.717, 1.165) is 83.7 Å². The Balaban J connectivity index is 0.000000291. The lowest BCUT2D eigenvalue weighted by Crippen LogP contribution is -2.35. The van der Waals surface area contributed by atoms with E-state index < -0.39 is 53.8 Å². The Morgan fingerprint density at radius 1 is 0.356 bits per heavy atom. The third-order valence-corrected chi connectivity index (χ3v) is 24.8. The molecule has 0 aliphatic rings. The molecular formula is C84H104Cl4N4O10S2. The summed E-state index contributed by atoms with van der Waals surface area (Å²) < 4.78 is 55.5. The first-order valence-corrected chi connectivity index (χ1v) is 42.0. The zero-order chi connectivity index (χ0) is 75.0. The summed E-state index contributed by atoms with van der Waals surface area (Å²) in [5, 5.41) is 33.2. The third-order valence-electron chi connectivity index (χ3n) is 19.0. The van der Waals surface area contributed by atoms with E-state index in [2.05, 4.69) is 35.1 Å². The average molecular weight is 1540 g/mol. The molecule has 8 aromatic carbocycles. The molecule has 14 nitrogen and oxygen atoms in total. The number of hydrogen-bond acceptors (Lipinski definition) is 10. The van der Waals surface area contributed by atoms with Crippen molar-refractivity contribution >= 4 is 134 Å². The average Bonchev–Trinajstić information content (AvgIpc) is 0.862. The Morgan fingerprint density at radius 2 is 0.779 bits per heavy atom. The Kier molecular flexibility index (Phi) is 35.1. The van der Waals surface area contributed by atoms with E-state index in [1.807, 2.05) is 60.7 Å². The van der Waals surface area contributed by atoms with E-state index in [4.69, 9.17) is 46.4 Å². The monoisotopic (exact) mass is 1530 g/mol. The van der Waals surface area contributed by atoms with Gasteiger partial charge in [0.05, 0.1) is 52.6 Å². The summed E-state index contributed by atoms with van der Waals surface area (Å²) in [5.74, 6) is -3.28. The van der Waals surface area contributed by atoms with Crippen molar-refractivity contribution in [3.8, 4) is 11.5 Å². The molecular weight excluding hydrogens is 1430 g/mol. The van der Waals surface area contributed by atoms with Crippen LogP contribution in [0.5, 0.6) is 11.5 Å². The topological polar surface area (TPSA) is 225 Å². The fourth-order valence-electron chi connectivity index (χ4n) is 13.0. The molecule has 8 aromatic rings. The molecule has 0 saturated heterocycles. The number of carbonyl (C=O) groups excluding carboxylic acids is 4. The van der Waals surface area contributed by atoms with Gasteiger partial charge in [0.25, 0.3) is 11.8 Å². The molecule has 0 aliphatic heterocycles. The quantitative estimate of drug-likeness (QED) is 0.0157. The van der Waals surface area contributed by atoms with Gasteiger partial charge in [-0.25, -0.2) is 16.8 Å². The fourth-order valence-corrected chi connectivity index (χ4v) is 17.1. The molecule has 2 unspecified atom stereocenters. The van der Waals surface area contributed by atoms with E-state index in [0.29, 0.717) is 5.56 Å². The second-order valence-corrected chi connectivity index (χ2v) is 33.0. The van der Waals surface area contributed by atoms with Gasteiger partial charge in [-0.2, -0.15) is 0 Å². The van der Waals surface area contributed by atoms with Crippen molar-refractivity contribution < 1.29 is 46.2 Å². The maximum atomic E-state index is 14.1. The van der Waals surface area contributed by atoms with Gasteiger partial charge in [0.15, 0.2) is 19.7 Å². The van der Waals surface area contributed by atoms with Gasteiger partial charge in [-0.1, -0.05) is 295 Å². The first-order chi connectivity index (χ1) is 50.1. The molecule has 0 spiro atoms. The number of unbranched alkanes of at least 4 members (excludes halogenated alkanes) is 24. The molecule has 2 atom stereocenters. The Labute approximate surface area is 637 Å². The van der Waals surface area contributed by atoms with Crippen LogP contribution in [-0.4, -0.2) is 61.2 Å².